The maximum Gasteiger partial charge on any atom is 0.251 e. The second-order valence-corrected chi connectivity index (χ2v) is 4.25. The second-order valence-electron chi connectivity index (χ2n) is 0.226. The Morgan fingerprint density at radius 2 is 1.40 bits per heavy atom. The van der Waals surface area contributed by atoms with Crippen LogP contribution in [0.1, 0.15) is 0 Å². The predicted molar refractivity (Wildman–Crippen MR) is 33.4 cm³/mol. The Kier molecular flexibility index (Phi) is 11.5. The van der Waals surface area contributed by atoms with Crippen molar-refractivity contribution < 1.29 is 25.2 Å². The van der Waals surface area contributed by atoms with Gasteiger partial charge in [-0.2, -0.15) is 0 Å². The summed E-state index contributed by atoms with van der Waals surface area (Å²) in [5.74, 6) is 0. The molecule has 0 heterocycles. The van der Waals surface area contributed by atoms with Crippen LogP contribution in [0.3, 0.4) is 0 Å². The van der Waals surface area contributed by atoms with E-state index in [4.69, 9.17) is 0 Å². The summed E-state index contributed by atoms with van der Waals surface area (Å²) >= 11 is 3.38. The van der Waals surface area contributed by atoms with Crippen molar-refractivity contribution >= 4 is 47.0 Å². The van der Waals surface area contributed by atoms with E-state index < -0.39 is 0 Å². The normalized spacial score (nSPS) is 5.20. The molecule has 0 saturated carbocycles. The first-order chi connectivity index (χ1) is 1.73. The molecule has 0 unspecified atom stereocenters. The van der Waals surface area contributed by atoms with E-state index in [2.05, 4.69) is 0 Å². The van der Waals surface area contributed by atoms with Crippen molar-refractivity contribution in [2.75, 3.05) is 0 Å². The second kappa shape index (κ2) is 5.79. The molecule has 0 bridgehead atoms. The van der Waals surface area contributed by atoms with Gasteiger partial charge in [-0.3, -0.25) is 4.79 Å². The topological polar surface area (TPSA) is 17.1 Å². The number of carbonyl (C=O) groups is 1. The zero-order valence-corrected chi connectivity index (χ0v) is 7.85. The fourth-order valence-corrected chi connectivity index (χ4v) is 0. The molecule has 1 nitrogen and oxygen atoms in total. The van der Waals surface area contributed by atoms with E-state index in [0.29, 0.717) is 0 Å². The third kappa shape index (κ3) is 25.9. The van der Waals surface area contributed by atoms with Crippen LogP contribution in [0.5, 0.6) is 0 Å². The Balaban J connectivity index is 0. The molecule has 0 atom stereocenters. The molecule has 0 radical (unpaired) electrons. The zero-order chi connectivity index (χ0) is 3.58. The van der Waals surface area contributed by atoms with Gasteiger partial charge < -0.3 is 0 Å². The van der Waals surface area contributed by atoms with Gasteiger partial charge in [0, 0.05) is 65.6 Å². The molecule has 0 aromatic carbocycles. The van der Waals surface area contributed by atoms with Crippen LogP contribution in [-0.2, 0) is 20.4 Å². The van der Waals surface area contributed by atoms with Crippen LogP contribution < -0.4 is 0 Å². The van der Waals surface area contributed by atoms with Crippen molar-refractivity contribution in [1.29, 1.82) is 0 Å². The molecule has 0 amide bonds. The van der Waals surface area contributed by atoms with E-state index in [0.717, 1.165) is 0 Å². The van der Waals surface area contributed by atoms with E-state index in [1.165, 1.54) is 0 Å². The van der Waals surface area contributed by atoms with E-state index in [9.17, 15) is 4.79 Å². The van der Waals surface area contributed by atoms with E-state index in [1.54, 1.807) is 45.2 Å². The molecule has 4 heteroatoms. The quantitative estimate of drug-likeness (QED) is 0.353. The number of rotatable bonds is 0. The summed E-state index contributed by atoms with van der Waals surface area (Å²) in [5, 5.41) is 0. The van der Waals surface area contributed by atoms with Crippen molar-refractivity contribution in [3.63, 3.8) is 0 Å². The van der Waals surface area contributed by atoms with Crippen molar-refractivity contribution in [1.82, 2.24) is 0 Å². The Bertz CT molecular complexity index is 32.6. The number of hydrogen-bond acceptors (Lipinski definition) is 1. The number of halogens is 2. The third-order valence-corrected chi connectivity index (χ3v) is 0. The Morgan fingerprint density at radius 1 is 1.40 bits per heavy atom. The number of carbonyl (C=O) groups excluding carboxylic acids is 1. The molecule has 0 rings (SSSR count). The van der Waals surface area contributed by atoms with Crippen LogP contribution in [0.15, 0.2) is 0 Å². The molecule has 0 aliphatic rings. The van der Waals surface area contributed by atoms with E-state index >= 15 is 0 Å². The number of hydrogen-bond donors (Lipinski definition) is 0. The molecule has 0 aromatic rings. The summed E-state index contributed by atoms with van der Waals surface area (Å²) in [4.78, 5) is 9.42. The summed E-state index contributed by atoms with van der Waals surface area (Å²) in [6.07, 6.45) is 0. The summed E-state index contributed by atoms with van der Waals surface area (Å²) < 4.78 is 0.107. The summed E-state index contributed by atoms with van der Waals surface area (Å²) in [7, 11) is 0. The van der Waals surface area contributed by atoms with Gasteiger partial charge in [0.25, 0.3) is 1.80 Å². The average Bonchev–Trinajstić information content (AvgIpc) is 0.811. The van der Waals surface area contributed by atoms with Crippen molar-refractivity contribution in [2.24, 2.45) is 0 Å². The van der Waals surface area contributed by atoms with Crippen molar-refractivity contribution in [3.05, 3.63) is 0 Å². The van der Waals surface area contributed by atoms with Gasteiger partial charge in [-0.15, -0.1) is 0 Å². The first kappa shape index (κ1) is 9.92. The summed E-state index contributed by atoms with van der Waals surface area (Å²) in [6, 6.07) is 0. The van der Waals surface area contributed by atoms with Crippen molar-refractivity contribution in [3.8, 4) is 0 Å². The SMILES string of the molecule is O=C(I)I.[Pd]. The molecule has 0 saturated heterocycles. The van der Waals surface area contributed by atoms with Crippen LogP contribution in [-0.4, -0.2) is 1.80 Å². The minimum atomic E-state index is 0. The zero-order valence-electron chi connectivity index (χ0n) is 1.98. The maximum absolute atomic E-state index is 9.42. The molecular formula is CI2OPd. The van der Waals surface area contributed by atoms with Gasteiger partial charge in [-0.25, -0.2) is 0 Å². The minimum absolute atomic E-state index is 0. The molecule has 0 N–H and O–H groups in total. The standard InChI is InChI=1S/CI2O.Pd/c2-1(3)4;. The molecule has 0 aliphatic heterocycles. The average molecular weight is 388 g/mol. The molecule has 0 aliphatic carbocycles. The van der Waals surface area contributed by atoms with Crippen LogP contribution in [0, 0.1) is 0 Å². The fraction of sp³-hybridized carbons (Fsp3) is 0. The molecular weight excluding hydrogens is 388 g/mol. The predicted octanol–water partition coefficient (Wildman–Crippen LogP) is 1.97. The molecule has 34 valence electrons. The van der Waals surface area contributed by atoms with Gasteiger partial charge in [0.15, 0.2) is 0 Å². The maximum atomic E-state index is 9.42. The first-order valence-corrected chi connectivity index (χ1v) is 2.74. The Hall–Kier alpha value is 1.79. The van der Waals surface area contributed by atoms with Crippen LogP contribution in [0.25, 0.3) is 0 Å². The van der Waals surface area contributed by atoms with Gasteiger partial charge >= 0.3 is 0 Å². The Morgan fingerprint density at radius 3 is 1.40 bits per heavy atom. The van der Waals surface area contributed by atoms with Gasteiger partial charge in [-0.1, -0.05) is 0 Å². The van der Waals surface area contributed by atoms with Crippen LogP contribution in [0.2, 0.25) is 0 Å². The molecule has 0 aromatic heterocycles. The Labute approximate surface area is 71.2 Å². The van der Waals surface area contributed by atoms with Crippen LogP contribution >= 0.6 is 45.2 Å². The van der Waals surface area contributed by atoms with Gasteiger partial charge in [-0.05, 0) is 0 Å². The van der Waals surface area contributed by atoms with E-state index in [-0.39, 0.29) is 22.2 Å². The monoisotopic (exact) mass is 388 g/mol. The first-order valence-electron chi connectivity index (χ1n) is 0.582. The molecule has 0 spiro atoms. The third-order valence-electron chi connectivity index (χ3n) is 0. The summed E-state index contributed by atoms with van der Waals surface area (Å²) in [5.41, 5.74) is 0. The van der Waals surface area contributed by atoms with Crippen LogP contribution in [0.4, 0.5) is 4.79 Å². The summed E-state index contributed by atoms with van der Waals surface area (Å²) in [6.45, 7) is 0. The van der Waals surface area contributed by atoms with E-state index in [1.807, 2.05) is 0 Å². The molecule has 0 fully saturated rings. The largest absolute Gasteiger partial charge is 0.276 e. The smallest absolute Gasteiger partial charge is 0.251 e. The van der Waals surface area contributed by atoms with Gasteiger partial charge in [0.05, 0.1) is 0 Å². The van der Waals surface area contributed by atoms with Gasteiger partial charge in [0.1, 0.15) is 0 Å². The van der Waals surface area contributed by atoms with Gasteiger partial charge in [0.2, 0.25) is 0 Å². The van der Waals surface area contributed by atoms with Crippen molar-refractivity contribution in [2.45, 2.75) is 0 Å². The fourth-order valence-electron chi connectivity index (χ4n) is 0. The minimum Gasteiger partial charge on any atom is -0.276 e. The molecule has 5 heavy (non-hydrogen) atoms.